The summed E-state index contributed by atoms with van der Waals surface area (Å²) in [4.78, 5) is 4.00. The lowest BCUT2D eigenvalue weighted by Gasteiger charge is -2.02. The molecule has 0 bridgehead atoms. The largest absolute Gasteiger partial charge is 0.388 e. The lowest BCUT2D eigenvalue weighted by molar-refractivity contribution is -0.676. The van der Waals surface area contributed by atoms with Crippen molar-refractivity contribution < 1.29 is 10.4 Å². The van der Waals surface area contributed by atoms with Crippen LogP contribution in [0, 0.1) is 0 Å². The fourth-order valence-corrected chi connectivity index (χ4v) is 1.01. The minimum Gasteiger partial charge on any atom is -0.388 e. The number of hydrogen-bond donors (Lipinski definition) is 2. The van der Waals surface area contributed by atoms with Gasteiger partial charge in [0, 0.05) is 18.0 Å². The van der Waals surface area contributed by atoms with E-state index in [-0.39, 0.29) is 6.10 Å². The van der Waals surface area contributed by atoms with Crippen LogP contribution in [-0.4, -0.2) is 22.7 Å². The Morgan fingerprint density at radius 1 is 1.67 bits per heavy atom. The number of rotatable bonds is 4. The Kier molecular flexibility index (Phi) is 3.70. The predicted octanol–water partition coefficient (Wildman–Crippen LogP) is -0.474. The van der Waals surface area contributed by atoms with Crippen LogP contribution in [0.2, 0.25) is 0 Å². The number of nitrogens with zero attached hydrogens (tertiary/aromatic N) is 1. The molecule has 0 aliphatic heterocycles. The standard InChI is InChI=1S/C9H14N2O/c1-8(12)5-11-7-9-3-2-4-10-6-9/h2-4,6,8,11-12H,5,7H2,1H3/p+1/t8-/m1/s1. The Morgan fingerprint density at radius 3 is 3.08 bits per heavy atom. The summed E-state index contributed by atoms with van der Waals surface area (Å²) in [6.07, 6.45) is 3.37. The van der Waals surface area contributed by atoms with Gasteiger partial charge in [-0.2, -0.15) is 0 Å². The van der Waals surface area contributed by atoms with Crippen LogP contribution in [0.3, 0.4) is 0 Å². The smallest absolute Gasteiger partial charge is 0.103 e. The van der Waals surface area contributed by atoms with Crippen LogP contribution in [0.15, 0.2) is 24.5 Å². The molecule has 66 valence electrons. The predicted molar refractivity (Wildman–Crippen MR) is 46.4 cm³/mol. The third kappa shape index (κ3) is 3.46. The van der Waals surface area contributed by atoms with Gasteiger partial charge in [0.1, 0.15) is 13.1 Å². The highest BCUT2D eigenvalue weighted by Gasteiger charge is 1.98. The zero-order valence-electron chi connectivity index (χ0n) is 7.27. The van der Waals surface area contributed by atoms with E-state index in [2.05, 4.69) is 10.3 Å². The zero-order valence-corrected chi connectivity index (χ0v) is 7.27. The van der Waals surface area contributed by atoms with Crippen LogP contribution in [0.1, 0.15) is 12.5 Å². The van der Waals surface area contributed by atoms with Crippen molar-refractivity contribution in [3.8, 4) is 0 Å². The second-order valence-electron chi connectivity index (χ2n) is 2.94. The van der Waals surface area contributed by atoms with Crippen molar-refractivity contribution in [1.29, 1.82) is 0 Å². The molecule has 3 N–H and O–H groups in total. The molecule has 3 nitrogen and oxygen atoms in total. The van der Waals surface area contributed by atoms with Gasteiger partial charge in [-0.3, -0.25) is 4.98 Å². The topological polar surface area (TPSA) is 49.7 Å². The van der Waals surface area contributed by atoms with E-state index < -0.39 is 0 Å². The van der Waals surface area contributed by atoms with E-state index in [0.29, 0.717) is 0 Å². The van der Waals surface area contributed by atoms with Crippen LogP contribution in [-0.2, 0) is 6.54 Å². The molecule has 0 radical (unpaired) electrons. The molecule has 0 fully saturated rings. The van der Waals surface area contributed by atoms with Gasteiger partial charge in [-0.15, -0.1) is 0 Å². The molecule has 0 saturated heterocycles. The van der Waals surface area contributed by atoms with Gasteiger partial charge >= 0.3 is 0 Å². The first-order valence-electron chi connectivity index (χ1n) is 4.17. The minimum atomic E-state index is -0.235. The summed E-state index contributed by atoms with van der Waals surface area (Å²) in [5.41, 5.74) is 1.19. The summed E-state index contributed by atoms with van der Waals surface area (Å²) < 4.78 is 0. The van der Waals surface area contributed by atoms with Gasteiger partial charge in [0.05, 0.1) is 6.10 Å². The molecule has 12 heavy (non-hydrogen) atoms. The average Bonchev–Trinajstić information content (AvgIpc) is 2.05. The van der Waals surface area contributed by atoms with Gasteiger partial charge < -0.3 is 10.4 Å². The number of nitrogens with two attached hydrogens (primary N) is 1. The third-order valence-corrected chi connectivity index (χ3v) is 1.61. The summed E-state index contributed by atoms with van der Waals surface area (Å²) in [6, 6.07) is 3.96. The maximum absolute atomic E-state index is 8.98. The normalized spacial score (nSPS) is 12.8. The number of hydrogen-bond acceptors (Lipinski definition) is 2. The Hall–Kier alpha value is -0.930. The molecule has 1 heterocycles. The van der Waals surface area contributed by atoms with Crippen molar-refractivity contribution in [2.45, 2.75) is 19.6 Å². The third-order valence-electron chi connectivity index (χ3n) is 1.61. The molecule has 1 atom stereocenters. The molecule has 1 aromatic heterocycles. The molecular weight excluding hydrogens is 152 g/mol. The summed E-state index contributed by atoms with van der Waals surface area (Å²) in [5, 5.41) is 11.1. The molecule has 0 aliphatic carbocycles. The van der Waals surface area contributed by atoms with E-state index in [4.69, 9.17) is 5.11 Å². The number of pyridine rings is 1. The fraction of sp³-hybridized carbons (Fsp3) is 0.444. The second kappa shape index (κ2) is 4.85. The van der Waals surface area contributed by atoms with Crippen molar-refractivity contribution in [3.63, 3.8) is 0 Å². The Labute approximate surface area is 72.5 Å². The van der Waals surface area contributed by atoms with Gasteiger partial charge in [-0.05, 0) is 13.0 Å². The van der Waals surface area contributed by atoms with E-state index in [1.165, 1.54) is 5.56 Å². The molecule has 0 aliphatic rings. The van der Waals surface area contributed by atoms with E-state index in [9.17, 15) is 0 Å². The number of aromatic nitrogens is 1. The van der Waals surface area contributed by atoms with Crippen LogP contribution in [0.25, 0.3) is 0 Å². The van der Waals surface area contributed by atoms with Gasteiger partial charge in [0.2, 0.25) is 0 Å². The van der Waals surface area contributed by atoms with Gasteiger partial charge in [0.15, 0.2) is 0 Å². The molecule has 3 heteroatoms. The average molecular weight is 167 g/mol. The summed E-state index contributed by atoms with van der Waals surface area (Å²) in [7, 11) is 0. The molecule has 1 rings (SSSR count). The molecule has 0 amide bonds. The molecule has 0 aromatic carbocycles. The summed E-state index contributed by atoms with van der Waals surface area (Å²) in [6.45, 7) is 3.42. The fourth-order valence-electron chi connectivity index (χ4n) is 1.01. The highest BCUT2D eigenvalue weighted by Crippen LogP contribution is 1.90. The van der Waals surface area contributed by atoms with Gasteiger partial charge in [0.25, 0.3) is 0 Å². The van der Waals surface area contributed by atoms with Crippen molar-refractivity contribution in [1.82, 2.24) is 4.98 Å². The summed E-state index contributed by atoms with van der Waals surface area (Å²) >= 11 is 0. The van der Waals surface area contributed by atoms with Crippen molar-refractivity contribution in [3.05, 3.63) is 30.1 Å². The lowest BCUT2D eigenvalue weighted by Crippen LogP contribution is -2.84. The number of aliphatic hydroxyl groups is 1. The van der Waals surface area contributed by atoms with Crippen LogP contribution >= 0.6 is 0 Å². The number of aliphatic hydroxyl groups excluding tert-OH is 1. The first-order chi connectivity index (χ1) is 5.79. The Bertz CT molecular complexity index is 211. The minimum absolute atomic E-state index is 0.235. The first-order valence-corrected chi connectivity index (χ1v) is 4.17. The maximum Gasteiger partial charge on any atom is 0.103 e. The van der Waals surface area contributed by atoms with E-state index in [1.54, 1.807) is 13.1 Å². The first kappa shape index (κ1) is 9.16. The summed E-state index contributed by atoms with van der Waals surface area (Å²) in [5.74, 6) is 0. The van der Waals surface area contributed by atoms with Crippen LogP contribution in [0.4, 0.5) is 0 Å². The quantitative estimate of drug-likeness (QED) is 0.636. The lowest BCUT2D eigenvalue weighted by atomic mass is 10.3. The van der Waals surface area contributed by atoms with E-state index in [1.807, 2.05) is 18.3 Å². The van der Waals surface area contributed by atoms with Gasteiger partial charge in [-0.25, -0.2) is 0 Å². The van der Waals surface area contributed by atoms with Gasteiger partial charge in [-0.1, -0.05) is 6.07 Å². The van der Waals surface area contributed by atoms with Crippen LogP contribution in [0.5, 0.6) is 0 Å². The van der Waals surface area contributed by atoms with Crippen molar-refractivity contribution in [2.75, 3.05) is 6.54 Å². The van der Waals surface area contributed by atoms with Crippen molar-refractivity contribution >= 4 is 0 Å². The van der Waals surface area contributed by atoms with Crippen LogP contribution < -0.4 is 5.32 Å². The highest BCUT2D eigenvalue weighted by molar-refractivity contribution is 5.06. The SMILES string of the molecule is C[C@@H](O)C[NH2+]Cc1cccnc1. The zero-order chi connectivity index (χ0) is 8.81. The molecular formula is C9H15N2O+. The van der Waals surface area contributed by atoms with Crippen molar-refractivity contribution in [2.24, 2.45) is 0 Å². The monoisotopic (exact) mass is 167 g/mol. The van der Waals surface area contributed by atoms with E-state index >= 15 is 0 Å². The Morgan fingerprint density at radius 2 is 2.50 bits per heavy atom. The Balaban J connectivity index is 2.25. The second-order valence-corrected chi connectivity index (χ2v) is 2.94. The highest BCUT2D eigenvalue weighted by atomic mass is 16.3. The molecule has 0 saturated carbocycles. The molecule has 0 unspecified atom stereocenters. The van der Waals surface area contributed by atoms with E-state index in [0.717, 1.165) is 13.1 Å². The maximum atomic E-state index is 8.98. The number of quaternary nitrogens is 1. The molecule has 0 spiro atoms. The molecule has 1 aromatic rings.